The summed E-state index contributed by atoms with van der Waals surface area (Å²) in [7, 11) is 0. The van der Waals surface area contributed by atoms with E-state index in [9.17, 15) is 14.4 Å². The van der Waals surface area contributed by atoms with Gasteiger partial charge in [-0.05, 0) is 37.3 Å². The molecule has 2 amide bonds. The van der Waals surface area contributed by atoms with Gasteiger partial charge in [-0.3, -0.25) is 9.59 Å². The fourth-order valence-corrected chi connectivity index (χ4v) is 2.86. The SMILES string of the molecule is C[C@@H](Oc1ccc(Cl)cc1Cl)C(=O)OCN1C(=O)c2ccccc2C1=O. The Morgan fingerprint density at radius 3 is 2.27 bits per heavy atom. The summed E-state index contributed by atoms with van der Waals surface area (Å²) in [4.78, 5) is 37.4. The number of benzene rings is 2. The second kappa shape index (κ2) is 7.35. The molecule has 0 N–H and O–H groups in total. The topological polar surface area (TPSA) is 72.9 Å². The molecular weight excluding hydrogens is 381 g/mol. The summed E-state index contributed by atoms with van der Waals surface area (Å²) < 4.78 is 10.5. The number of fused-ring (bicyclic) bond motifs is 1. The molecule has 2 aromatic carbocycles. The number of ether oxygens (including phenoxy) is 2. The lowest BCUT2D eigenvalue weighted by Crippen LogP contribution is -2.36. The highest BCUT2D eigenvalue weighted by molar-refractivity contribution is 6.35. The minimum absolute atomic E-state index is 0.248. The first-order valence-electron chi connectivity index (χ1n) is 7.62. The van der Waals surface area contributed by atoms with Crippen molar-refractivity contribution in [1.29, 1.82) is 0 Å². The zero-order valence-corrected chi connectivity index (χ0v) is 15.1. The minimum Gasteiger partial charge on any atom is -0.477 e. The smallest absolute Gasteiger partial charge is 0.348 e. The Balaban J connectivity index is 1.60. The van der Waals surface area contributed by atoms with Crippen molar-refractivity contribution in [3.8, 4) is 5.75 Å². The van der Waals surface area contributed by atoms with Crippen LogP contribution in [0.3, 0.4) is 0 Å². The van der Waals surface area contributed by atoms with E-state index < -0.39 is 30.6 Å². The van der Waals surface area contributed by atoms with Gasteiger partial charge < -0.3 is 9.47 Å². The molecule has 1 heterocycles. The Bertz CT molecular complexity index is 864. The lowest BCUT2D eigenvalue weighted by Gasteiger charge is -2.18. The average molecular weight is 394 g/mol. The van der Waals surface area contributed by atoms with Gasteiger partial charge in [0.1, 0.15) is 5.75 Å². The summed E-state index contributed by atoms with van der Waals surface area (Å²) in [5, 5.41) is 0.681. The van der Waals surface area contributed by atoms with Crippen LogP contribution in [-0.2, 0) is 9.53 Å². The van der Waals surface area contributed by atoms with Crippen LogP contribution in [-0.4, -0.2) is 35.5 Å². The Morgan fingerprint density at radius 2 is 1.69 bits per heavy atom. The van der Waals surface area contributed by atoms with Crippen molar-refractivity contribution < 1.29 is 23.9 Å². The van der Waals surface area contributed by atoms with Crippen LogP contribution in [0.25, 0.3) is 0 Å². The highest BCUT2D eigenvalue weighted by atomic mass is 35.5. The summed E-state index contributed by atoms with van der Waals surface area (Å²) >= 11 is 11.8. The van der Waals surface area contributed by atoms with E-state index in [0.29, 0.717) is 5.02 Å². The molecule has 0 unspecified atom stereocenters. The van der Waals surface area contributed by atoms with E-state index in [1.807, 2.05) is 0 Å². The standard InChI is InChI=1S/C18H13Cl2NO5/c1-10(26-15-7-6-11(19)8-14(15)20)18(24)25-9-21-16(22)12-4-2-3-5-13(12)17(21)23/h2-8,10H,9H2,1H3/t10-/m1/s1. The number of amides is 2. The van der Waals surface area contributed by atoms with Crippen LogP contribution >= 0.6 is 23.2 Å². The van der Waals surface area contributed by atoms with Crippen LogP contribution in [0.5, 0.6) is 5.75 Å². The van der Waals surface area contributed by atoms with E-state index in [0.717, 1.165) is 4.90 Å². The number of imide groups is 1. The van der Waals surface area contributed by atoms with E-state index in [1.54, 1.807) is 30.3 Å². The van der Waals surface area contributed by atoms with Gasteiger partial charge in [0.25, 0.3) is 11.8 Å². The number of nitrogens with zero attached hydrogens (tertiary/aromatic N) is 1. The highest BCUT2D eigenvalue weighted by Crippen LogP contribution is 2.28. The number of rotatable bonds is 5. The second-order valence-corrected chi connectivity index (χ2v) is 6.35. The van der Waals surface area contributed by atoms with Gasteiger partial charge in [0.05, 0.1) is 16.1 Å². The van der Waals surface area contributed by atoms with Crippen molar-refractivity contribution in [1.82, 2.24) is 4.90 Å². The van der Waals surface area contributed by atoms with Crippen molar-refractivity contribution in [2.24, 2.45) is 0 Å². The lowest BCUT2D eigenvalue weighted by molar-refractivity contribution is -0.153. The molecule has 1 aliphatic rings. The highest BCUT2D eigenvalue weighted by Gasteiger charge is 2.36. The molecule has 26 heavy (non-hydrogen) atoms. The predicted molar refractivity (Wildman–Crippen MR) is 94.5 cm³/mol. The van der Waals surface area contributed by atoms with Crippen LogP contribution in [0.2, 0.25) is 10.0 Å². The summed E-state index contributed by atoms with van der Waals surface area (Å²) in [6.07, 6.45) is -0.996. The molecule has 6 nitrogen and oxygen atoms in total. The Hall–Kier alpha value is -2.57. The zero-order chi connectivity index (χ0) is 18.8. The van der Waals surface area contributed by atoms with E-state index in [-0.39, 0.29) is 21.9 Å². The Kier molecular flexibility index (Phi) is 5.15. The molecule has 1 aliphatic heterocycles. The molecule has 1 atom stereocenters. The molecule has 0 aliphatic carbocycles. The van der Waals surface area contributed by atoms with Crippen LogP contribution in [0.15, 0.2) is 42.5 Å². The Morgan fingerprint density at radius 1 is 1.08 bits per heavy atom. The molecule has 3 rings (SSSR count). The molecule has 134 valence electrons. The van der Waals surface area contributed by atoms with Crippen molar-refractivity contribution in [3.63, 3.8) is 0 Å². The fraction of sp³-hybridized carbons (Fsp3) is 0.167. The summed E-state index contributed by atoms with van der Waals surface area (Å²) in [5.41, 5.74) is 0.566. The van der Waals surface area contributed by atoms with Gasteiger partial charge in [-0.25, -0.2) is 9.69 Å². The third kappa shape index (κ3) is 3.52. The third-order valence-corrected chi connectivity index (χ3v) is 4.27. The number of carbonyl (C=O) groups excluding carboxylic acids is 3. The van der Waals surface area contributed by atoms with Crippen molar-refractivity contribution in [3.05, 3.63) is 63.6 Å². The Labute approximate surface area is 159 Å². The first-order chi connectivity index (χ1) is 12.4. The first kappa shape index (κ1) is 18.2. The quantitative estimate of drug-likeness (QED) is 0.573. The van der Waals surface area contributed by atoms with E-state index in [2.05, 4.69) is 0 Å². The van der Waals surface area contributed by atoms with Crippen LogP contribution in [0.1, 0.15) is 27.6 Å². The zero-order valence-electron chi connectivity index (χ0n) is 13.6. The largest absolute Gasteiger partial charge is 0.477 e. The maximum atomic E-state index is 12.2. The molecule has 2 aromatic rings. The number of halogens is 2. The number of esters is 1. The molecule has 0 aromatic heterocycles. The predicted octanol–water partition coefficient (Wildman–Crippen LogP) is 3.56. The van der Waals surface area contributed by atoms with Gasteiger partial charge in [0, 0.05) is 5.02 Å². The van der Waals surface area contributed by atoms with Crippen LogP contribution in [0.4, 0.5) is 0 Å². The molecule has 0 fully saturated rings. The van der Waals surface area contributed by atoms with Gasteiger partial charge in [-0.1, -0.05) is 35.3 Å². The molecule has 8 heteroatoms. The molecule has 0 bridgehead atoms. The molecule has 0 saturated carbocycles. The van der Waals surface area contributed by atoms with Gasteiger partial charge in [-0.15, -0.1) is 0 Å². The van der Waals surface area contributed by atoms with Gasteiger partial charge >= 0.3 is 5.97 Å². The van der Waals surface area contributed by atoms with Gasteiger partial charge in [0.2, 0.25) is 0 Å². The van der Waals surface area contributed by atoms with Crippen LogP contribution < -0.4 is 4.74 Å². The van der Waals surface area contributed by atoms with E-state index >= 15 is 0 Å². The maximum absolute atomic E-state index is 12.2. The lowest BCUT2D eigenvalue weighted by atomic mass is 10.1. The van der Waals surface area contributed by atoms with E-state index in [1.165, 1.54) is 19.1 Å². The molecular formula is C18H13Cl2NO5. The fourth-order valence-electron chi connectivity index (χ4n) is 2.41. The first-order valence-corrected chi connectivity index (χ1v) is 8.37. The summed E-state index contributed by atoms with van der Waals surface area (Å²) in [6, 6.07) is 11.0. The monoisotopic (exact) mass is 393 g/mol. The van der Waals surface area contributed by atoms with Crippen molar-refractivity contribution in [2.45, 2.75) is 13.0 Å². The van der Waals surface area contributed by atoms with Crippen LogP contribution in [0, 0.1) is 0 Å². The van der Waals surface area contributed by atoms with E-state index in [4.69, 9.17) is 32.7 Å². The molecule has 0 saturated heterocycles. The van der Waals surface area contributed by atoms with Crippen molar-refractivity contribution in [2.75, 3.05) is 6.73 Å². The maximum Gasteiger partial charge on any atom is 0.348 e. The number of carbonyl (C=O) groups is 3. The normalized spacial score (nSPS) is 14.2. The molecule has 0 radical (unpaired) electrons. The average Bonchev–Trinajstić information content (AvgIpc) is 2.86. The second-order valence-electron chi connectivity index (χ2n) is 5.51. The minimum atomic E-state index is -0.996. The number of hydrogen-bond donors (Lipinski definition) is 0. The van der Waals surface area contributed by atoms with Gasteiger partial charge in [0.15, 0.2) is 12.8 Å². The van der Waals surface area contributed by atoms with Crippen molar-refractivity contribution >= 4 is 41.0 Å². The third-order valence-electron chi connectivity index (χ3n) is 3.74. The summed E-state index contributed by atoms with van der Waals surface area (Å²) in [6.45, 7) is 0.975. The molecule has 0 spiro atoms. The van der Waals surface area contributed by atoms with Gasteiger partial charge in [-0.2, -0.15) is 0 Å². The number of hydrogen-bond acceptors (Lipinski definition) is 5. The summed E-state index contributed by atoms with van der Waals surface area (Å²) in [5.74, 6) is -1.49.